The minimum absolute atomic E-state index is 0.00137. The molecular weight excluding hydrogens is 304 g/mol. The number of furan rings is 1. The number of carbonyl (C=O) groups excluding carboxylic acids is 1. The van der Waals surface area contributed by atoms with Gasteiger partial charge in [-0.1, -0.05) is 20.3 Å². The van der Waals surface area contributed by atoms with Crippen LogP contribution in [0.4, 0.5) is 0 Å². The maximum atomic E-state index is 12.5. The van der Waals surface area contributed by atoms with Crippen LogP contribution in [0.3, 0.4) is 0 Å². The van der Waals surface area contributed by atoms with Crippen molar-refractivity contribution >= 4 is 5.97 Å². The van der Waals surface area contributed by atoms with E-state index < -0.39 is 0 Å². The zero-order valence-corrected chi connectivity index (χ0v) is 14.7. The number of ether oxygens (including phenoxy) is 2. The first-order valence-electron chi connectivity index (χ1n) is 9.29. The van der Waals surface area contributed by atoms with Crippen LogP contribution in [0.2, 0.25) is 0 Å². The van der Waals surface area contributed by atoms with Gasteiger partial charge in [-0.15, -0.1) is 0 Å². The van der Waals surface area contributed by atoms with Crippen molar-refractivity contribution in [2.45, 2.75) is 70.7 Å². The van der Waals surface area contributed by atoms with Gasteiger partial charge in [-0.3, -0.25) is 4.79 Å². The highest BCUT2D eigenvalue weighted by Crippen LogP contribution is 2.71. The fraction of sp³-hybridized carbons (Fsp3) is 0.750. The van der Waals surface area contributed by atoms with Crippen LogP contribution in [0.15, 0.2) is 23.0 Å². The second kappa shape index (κ2) is 4.46. The molecule has 2 saturated carbocycles. The Morgan fingerprint density at radius 3 is 2.75 bits per heavy atom. The molecule has 1 aromatic heterocycles. The molecule has 0 spiro atoms. The van der Waals surface area contributed by atoms with Crippen LogP contribution in [0.25, 0.3) is 0 Å². The highest BCUT2D eigenvalue weighted by Gasteiger charge is 2.73. The van der Waals surface area contributed by atoms with Crippen LogP contribution < -0.4 is 0 Å². The number of fused-ring (bicyclic) bond motifs is 2. The first-order valence-corrected chi connectivity index (χ1v) is 9.29. The quantitative estimate of drug-likeness (QED) is 0.722. The first-order chi connectivity index (χ1) is 11.4. The summed E-state index contributed by atoms with van der Waals surface area (Å²) < 4.78 is 17.8. The number of esters is 1. The number of hydrogen-bond donors (Lipinski definition) is 0. The summed E-state index contributed by atoms with van der Waals surface area (Å²) in [5.41, 5.74) is 0.910. The first kappa shape index (κ1) is 15.0. The van der Waals surface area contributed by atoms with E-state index in [0.717, 1.165) is 31.2 Å². The standard InChI is InChI=1S/C20H26O4/c1-18-9-14(12-7-8-22-11-12)24-19(18,2)10-16-20(3)13(17(21)23-16)5-4-6-15(18)20/h7-8,11,13-16H,4-6,9-10H2,1-3H3/t13-,14-,15+,16-,18+,19-,20+/m0/s1. The summed E-state index contributed by atoms with van der Waals surface area (Å²) in [6.45, 7) is 6.94. The molecule has 0 N–H and O–H groups in total. The van der Waals surface area contributed by atoms with Crippen molar-refractivity contribution in [3.8, 4) is 0 Å². The topological polar surface area (TPSA) is 48.7 Å². The fourth-order valence-electron chi connectivity index (χ4n) is 6.71. The molecule has 130 valence electrons. The molecule has 2 saturated heterocycles. The lowest BCUT2D eigenvalue weighted by Gasteiger charge is -2.60. The normalized spacial score (nSPS) is 52.7. The predicted octanol–water partition coefficient (Wildman–Crippen LogP) is 4.26. The Bertz CT molecular complexity index is 682. The van der Waals surface area contributed by atoms with Gasteiger partial charge in [0.25, 0.3) is 0 Å². The van der Waals surface area contributed by atoms with E-state index in [4.69, 9.17) is 13.9 Å². The molecule has 0 amide bonds. The lowest BCUT2D eigenvalue weighted by Crippen LogP contribution is -2.62. The average molecular weight is 330 g/mol. The predicted molar refractivity (Wildman–Crippen MR) is 87.1 cm³/mol. The maximum Gasteiger partial charge on any atom is 0.309 e. The number of hydrogen-bond acceptors (Lipinski definition) is 4. The second-order valence-corrected chi connectivity index (χ2v) is 9.05. The minimum Gasteiger partial charge on any atom is -0.472 e. The van der Waals surface area contributed by atoms with Crippen molar-refractivity contribution in [3.05, 3.63) is 24.2 Å². The Hall–Kier alpha value is -1.29. The van der Waals surface area contributed by atoms with Crippen LogP contribution in [0.5, 0.6) is 0 Å². The van der Waals surface area contributed by atoms with Gasteiger partial charge in [-0.05, 0) is 38.2 Å². The summed E-state index contributed by atoms with van der Waals surface area (Å²) in [7, 11) is 0. The molecule has 7 atom stereocenters. The molecule has 1 aromatic rings. The van der Waals surface area contributed by atoms with E-state index in [2.05, 4.69) is 20.8 Å². The largest absolute Gasteiger partial charge is 0.472 e. The van der Waals surface area contributed by atoms with E-state index in [0.29, 0.717) is 5.92 Å². The molecule has 3 heterocycles. The molecule has 4 aliphatic rings. The molecule has 0 radical (unpaired) electrons. The number of rotatable bonds is 1. The Kier molecular flexibility index (Phi) is 2.79. The Morgan fingerprint density at radius 1 is 1.17 bits per heavy atom. The van der Waals surface area contributed by atoms with Crippen molar-refractivity contribution < 1.29 is 18.7 Å². The highest BCUT2D eigenvalue weighted by atomic mass is 16.6. The highest BCUT2D eigenvalue weighted by molar-refractivity contribution is 5.76. The van der Waals surface area contributed by atoms with E-state index in [9.17, 15) is 4.79 Å². The van der Waals surface area contributed by atoms with Crippen LogP contribution in [0.1, 0.15) is 64.5 Å². The molecule has 0 aromatic carbocycles. The van der Waals surface area contributed by atoms with E-state index >= 15 is 0 Å². The Morgan fingerprint density at radius 2 is 2.00 bits per heavy atom. The van der Waals surface area contributed by atoms with Crippen molar-refractivity contribution in [2.24, 2.45) is 22.7 Å². The summed E-state index contributed by atoms with van der Waals surface area (Å²) in [4.78, 5) is 12.5. The van der Waals surface area contributed by atoms with Gasteiger partial charge < -0.3 is 13.9 Å². The third-order valence-corrected chi connectivity index (χ3v) is 8.20. The summed E-state index contributed by atoms with van der Waals surface area (Å²) in [6.07, 6.45) is 8.70. The summed E-state index contributed by atoms with van der Waals surface area (Å²) in [5, 5.41) is 0. The molecule has 0 bridgehead atoms. The van der Waals surface area contributed by atoms with Crippen molar-refractivity contribution in [1.82, 2.24) is 0 Å². The van der Waals surface area contributed by atoms with Crippen molar-refractivity contribution in [1.29, 1.82) is 0 Å². The van der Waals surface area contributed by atoms with Crippen LogP contribution in [0, 0.1) is 22.7 Å². The molecule has 5 rings (SSSR count). The lowest BCUT2D eigenvalue weighted by molar-refractivity contribution is -0.196. The maximum absolute atomic E-state index is 12.5. The Balaban J connectivity index is 1.59. The van der Waals surface area contributed by atoms with E-state index in [1.54, 1.807) is 12.5 Å². The Labute approximate surface area is 142 Å². The van der Waals surface area contributed by atoms with Gasteiger partial charge in [-0.25, -0.2) is 0 Å². The van der Waals surface area contributed by atoms with Gasteiger partial charge in [0.15, 0.2) is 0 Å². The SMILES string of the molecule is C[C@]12[C@@H]3C[C@]4(C)O[C@H](c5ccoc5)C[C@]4(C)[C@H]1CCC[C@H]2C(=O)O3. The third kappa shape index (κ3) is 1.56. The van der Waals surface area contributed by atoms with Crippen LogP contribution in [-0.2, 0) is 14.3 Å². The average Bonchev–Trinajstić information content (AvgIpc) is 3.19. The van der Waals surface area contributed by atoms with Gasteiger partial charge in [0.1, 0.15) is 6.10 Å². The lowest BCUT2D eigenvalue weighted by atomic mass is 9.44. The van der Waals surface area contributed by atoms with E-state index in [1.165, 1.54) is 6.42 Å². The van der Waals surface area contributed by atoms with Gasteiger partial charge >= 0.3 is 5.97 Å². The molecule has 4 nitrogen and oxygen atoms in total. The van der Waals surface area contributed by atoms with Crippen molar-refractivity contribution in [3.63, 3.8) is 0 Å². The van der Waals surface area contributed by atoms with Crippen molar-refractivity contribution in [2.75, 3.05) is 0 Å². The minimum atomic E-state index is -0.254. The van der Waals surface area contributed by atoms with Gasteiger partial charge in [0, 0.05) is 22.8 Å². The fourth-order valence-corrected chi connectivity index (χ4v) is 6.71. The van der Waals surface area contributed by atoms with E-state index in [1.807, 2.05) is 6.07 Å². The molecule has 2 aliphatic carbocycles. The molecule has 24 heavy (non-hydrogen) atoms. The summed E-state index contributed by atoms with van der Waals surface area (Å²) in [6, 6.07) is 2.01. The molecule has 4 fully saturated rings. The third-order valence-electron chi connectivity index (χ3n) is 8.20. The van der Waals surface area contributed by atoms with Crippen LogP contribution in [-0.4, -0.2) is 17.7 Å². The van der Waals surface area contributed by atoms with Crippen LogP contribution >= 0.6 is 0 Å². The number of carbonyl (C=O) groups is 1. The zero-order chi connectivity index (χ0) is 16.7. The monoisotopic (exact) mass is 330 g/mol. The molecule has 4 heteroatoms. The smallest absolute Gasteiger partial charge is 0.309 e. The van der Waals surface area contributed by atoms with Gasteiger partial charge in [0.2, 0.25) is 0 Å². The summed E-state index contributed by atoms with van der Waals surface area (Å²) >= 11 is 0. The van der Waals surface area contributed by atoms with E-state index in [-0.39, 0.29) is 40.5 Å². The second-order valence-electron chi connectivity index (χ2n) is 9.05. The zero-order valence-electron chi connectivity index (χ0n) is 14.7. The molecular formula is C20H26O4. The van der Waals surface area contributed by atoms with Gasteiger partial charge in [-0.2, -0.15) is 0 Å². The summed E-state index contributed by atoms with van der Waals surface area (Å²) in [5.74, 6) is 0.581. The molecule has 0 unspecified atom stereocenters. The molecule has 2 aliphatic heterocycles. The van der Waals surface area contributed by atoms with Gasteiger partial charge in [0.05, 0.1) is 30.1 Å².